The molecule has 0 unspecified atom stereocenters. The third-order valence-electron chi connectivity index (χ3n) is 10.1. The number of hydrogen-bond acceptors (Lipinski definition) is 14. The minimum Gasteiger partial charge on any atom is -0.459 e. The number of alkyl carbamates (subject to hydrolysis) is 1. The van der Waals surface area contributed by atoms with Gasteiger partial charge in [0.25, 0.3) is 0 Å². The molecule has 0 saturated carbocycles. The Morgan fingerprint density at radius 3 is 2.27 bits per heavy atom. The molecule has 0 radical (unpaired) electrons. The summed E-state index contributed by atoms with van der Waals surface area (Å²) < 4.78 is 38.6. The van der Waals surface area contributed by atoms with E-state index in [9.17, 15) is 14.4 Å². The van der Waals surface area contributed by atoms with Crippen LogP contribution in [0.4, 0.5) is 15.4 Å². The number of aromatic nitrogens is 4. The lowest BCUT2D eigenvalue weighted by Crippen LogP contribution is -2.49. The summed E-state index contributed by atoms with van der Waals surface area (Å²) in [7, 11) is 0. The molecule has 17 nitrogen and oxygen atoms in total. The lowest BCUT2D eigenvalue weighted by Gasteiger charge is -2.32. The van der Waals surface area contributed by atoms with Crippen molar-refractivity contribution in [2.75, 3.05) is 38.5 Å². The number of halogens is 1. The first-order valence-electron chi connectivity index (χ1n) is 20.8. The van der Waals surface area contributed by atoms with E-state index in [1.165, 1.54) is 6.33 Å². The molecule has 18 heteroatoms. The lowest BCUT2D eigenvalue weighted by molar-refractivity contribution is -0.198. The molecular formula is C44H59ClN8O9. The van der Waals surface area contributed by atoms with Gasteiger partial charge in [-0.25, -0.2) is 29.3 Å². The largest absolute Gasteiger partial charge is 0.459 e. The number of carbonyl (C=O) groups is 3. The van der Waals surface area contributed by atoms with Crippen LogP contribution in [0, 0.1) is 0 Å². The Kier molecular flexibility index (Phi) is 14.6. The number of benzene rings is 2. The standard InChI is InChI=1S/C44H59ClN8O9/c1-42(2,3)61-40(55)50-31(39(54)57-25-29-12-10-9-11-13-29)19-20-51(22-23-52(41(56)62-43(4,5)6)21-18-28-14-16-30(45)17-15-28)24-32-34-35(60-44(7,8)59-34)38(58-32)53-27-49-33-36(46)47-26-48-37(33)53/h9-17,26-27,31-32,34-35,38H,18-25H2,1-8H3,(H,50,55)(H2,46,47,48)/t31-,32+,34+,35+,38+/m0/s1. The van der Waals surface area contributed by atoms with Crippen molar-refractivity contribution in [2.24, 2.45) is 0 Å². The molecule has 62 heavy (non-hydrogen) atoms. The maximum absolute atomic E-state index is 13.8. The van der Waals surface area contributed by atoms with Crippen molar-refractivity contribution < 1.29 is 42.8 Å². The molecular weight excluding hydrogens is 820 g/mol. The Hall–Kier alpha value is -5.07. The second-order valence-corrected chi connectivity index (χ2v) is 18.4. The first-order chi connectivity index (χ1) is 29.2. The van der Waals surface area contributed by atoms with Crippen LogP contribution in [-0.4, -0.2) is 122 Å². The summed E-state index contributed by atoms with van der Waals surface area (Å²) in [5.41, 5.74) is 7.29. The number of esters is 1. The van der Waals surface area contributed by atoms with Crippen LogP contribution in [0.5, 0.6) is 0 Å². The number of nitrogens with zero attached hydrogens (tertiary/aromatic N) is 6. The molecule has 0 bridgehead atoms. The Morgan fingerprint density at radius 2 is 1.58 bits per heavy atom. The minimum atomic E-state index is -1.08. The number of amides is 2. The van der Waals surface area contributed by atoms with Crippen LogP contribution in [0.15, 0.2) is 67.3 Å². The molecule has 2 fully saturated rings. The van der Waals surface area contributed by atoms with Gasteiger partial charge in [-0.1, -0.05) is 54.1 Å². The number of nitrogen functional groups attached to an aromatic ring is 1. The SMILES string of the molecule is CC(C)(C)OC(=O)N[C@@H](CCN(CCN(CCc1ccc(Cl)cc1)C(=O)OC(C)(C)C)C[C@H]1O[C@@H](n2cnc3c(N)ncnc32)[C@@H]2OC(C)(C)O[C@@H]21)C(=O)OCc1ccccc1. The normalized spacial score (nSPS) is 20.2. The predicted molar refractivity (Wildman–Crippen MR) is 231 cm³/mol. The van der Waals surface area contributed by atoms with E-state index in [0.717, 1.165) is 11.1 Å². The number of hydrogen-bond donors (Lipinski definition) is 2. The molecule has 3 N–H and O–H groups in total. The maximum Gasteiger partial charge on any atom is 0.410 e. The van der Waals surface area contributed by atoms with Gasteiger partial charge in [0.2, 0.25) is 0 Å². The third kappa shape index (κ3) is 12.8. The van der Waals surface area contributed by atoms with Crippen LogP contribution >= 0.6 is 11.6 Å². The number of carbonyl (C=O) groups excluding carboxylic acids is 3. The first-order valence-corrected chi connectivity index (χ1v) is 21.2. The number of rotatable bonds is 16. The van der Waals surface area contributed by atoms with Crippen molar-refractivity contribution in [2.45, 2.75) is 122 Å². The summed E-state index contributed by atoms with van der Waals surface area (Å²) >= 11 is 6.15. The van der Waals surface area contributed by atoms with E-state index in [1.54, 1.807) is 36.6 Å². The fraction of sp³-hybridized carbons (Fsp3) is 0.545. The van der Waals surface area contributed by atoms with Crippen molar-refractivity contribution in [3.63, 3.8) is 0 Å². The zero-order valence-electron chi connectivity index (χ0n) is 36.7. The van der Waals surface area contributed by atoms with Crippen LogP contribution < -0.4 is 11.1 Å². The predicted octanol–water partition coefficient (Wildman–Crippen LogP) is 6.29. The summed E-state index contributed by atoms with van der Waals surface area (Å²) in [6, 6.07) is 15.7. The molecule has 2 aliphatic rings. The molecule has 2 saturated heterocycles. The quantitative estimate of drug-likeness (QED) is 0.0942. The summed E-state index contributed by atoms with van der Waals surface area (Å²) in [6.07, 6.45) is 0.0485. The van der Waals surface area contributed by atoms with Gasteiger partial charge in [-0.05, 0) is 91.5 Å². The Balaban J connectivity index is 1.27. The average Bonchev–Trinajstić information content (AvgIpc) is 3.86. The van der Waals surface area contributed by atoms with Gasteiger partial charge in [-0.2, -0.15) is 0 Å². The highest BCUT2D eigenvalue weighted by Gasteiger charge is 2.56. The van der Waals surface area contributed by atoms with Crippen LogP contribution in [0.3, 0.4) is 0 Å². The highest BCUT2D eigenvalue weighted by Crippen LogP contribution is 2.44. The van der Waals surface area contributed by atoms with Crippen molar-refractivity contribution in [1.29, 1.82) is 0 Å². The summed E-state index contributed by atoms with van der Waals surface area (Å²) in [5, 5.41) is 3.36. The van der Waals surface area contributed by atoms with E-state index >= 15 is 0 Å². The summed E-state index contributed by atoms with van der Waals surface area (Å²) in [4.78, 5) is 57.4. The van der Waals surface area contributed by atoms with Gasteiger partial charge in [0, 0.05) is 37.7 Å². The number of nitrogens with one attached hydrogen (secondary N) is 1. The van der Waals surface area contributed by atoms with Crippen molar-refractivity contribution >= 4 is 46.7 Å². The number of nitrogens with two attached hydrogens (primary N) is 1. The maximum atomic E-state index is 13.8. The Morgan fingerprint density at radius 1 is 0.887 bits per heavy atom. The third-order valence-corrected chi connectivity index (χ3v) is 10.3. The smallest absolute Gasteiger partial charge is 0.410 e. The van der Waals surface area contributed by atoms with E-state index in [4.69, 9.17) is 45.8 Å². The fourth-order valence-corrected chi connectivity index (χ4v) is 7.40. The number of imidazole rings is 1. The molecule has 0 spiro atoms. The minimum absolute atomic E-state index is 0.0152. The average molecular weight is 879 g/mol. The van der Waals surface area contributed by atoms with E-state index < -0.39 is 65.7 Å². The highest BCUT2D eigenvalue weighted by atomic mass is 35.5. The van der Waals surface area contributed by atoms with Gasteiger partial charge >= 0.3 is 18.2 Å². The van der Waals surface area contributed by atoms with E-state index in [2.05, 4.69) is 25.2 Å². The number of anilines is 1. The zero-order valence-corrected chi connectivity index (χ0v) is 37.5. The number of ether oxygens (including phenoxy) is 6. The molecule has 4 aromatic rings. The van der Waals surface area contributed by atoms with Gasteiger partial charge in [-0.15, -0.1) is 0 Å². The molecule has 2 aromatic carbocycles. The number of fused-ring (bicyclic) bond motifs is 2. The van der Waals surface area contributed by atoms with Gasteiger partial charge in [0.1, 0.15) is 54.0 Å². The summed E-state index contributed by atoms with van der Waals surface area (Å²) in [6.45, 7) is 15.9. The van der Waals surface area contributed by atoms with Crippen LogP contribution in [0.1, 0.15) is 79.2 Å². The van der Waals surface area contributed by atoms with Crippen LogP contribution in [0.2, 0.25) is 5.02 Å². The van der Waals surface area contributed by atoms with Crippen molar-refractivity contribution in [1.82, 2.24) is 34.6 Å². The second kappa shape index (κ2) is 19.5. The van der Waals surface area contributed by atoms with E-state index in [1.807, 2.05) is 89.2 Å². The lowest BCUT2D eigenvalue weighted by atomic mass is 10.1. The van der Waals surface area contributed by atoms with Gasteiger partial charge in [0.15, 0.2) is 23.5 Å². The van der Waals surface area contributed by atoms with E-state index in [-0.39, 0.29) is 38.5 Å². The van der Waals surface area contributed by atoms with E-state index in [0.29, 0.717) is 35.7 Å². The van der Waals surface area contributed by atoms with Crippen LogP contribution in [0.25, 0.3) is 11.2 Å². The second-order valence-electron chi connectivity index (χ2n) is 17.9. The molecule has 2 aromatic heterocycles. The van der Waals surface area contributed by atoms with Gasteiger partial charge in [0.05, 0.1) is 6.33 Å². The molecule has 6 rings (SSSR count). The Bertz CT molecular complexity index is 2140. The molecule has 336 valence electrons. The monoisotopic (exact) mass is 878 g/mol. The molecule has 2 amide bonds. The van der Waals surface area contributed by atoms with Crippen LogP contribution in [-0.2, 0) is 46.2 Å². The van der Waals surface area contributed by atoms with Crippen molar-refractivity contribution in [3.8, 4) is 0 Å². The highest BCUT2D eigenvalue weighted by molar-refractivity contribution is 6.30. The zero-order chi connectivity index (χ0) is 44.8. The summed E-state index contributed by atoms with van der Waals surface area (Å²) in [5.74, 6) is -1.33. The van der Waals surface area contributed by atoms with Crippen molar-refractivity contribution in [3.05, 3.63) is 83.4 Å². The Labute approximate surface area is 367 Å². The molecule has 0 aliphatic carbocycles. The first kappa shape index (κ1) is 46.4. The topological polar surface area (TPSA) is 195 Å². The molecule has 5 atom stereocenters. The molecule has 2 aliphatic heterocycles. The molecule has 4 heterocycles. The van der Waals surface area contributed by atoms with Gasteiger partial charge < -0.3 is 44.4 Å². The fourth-order valence-electron chi connectivity index (χ4n) is 7.27. The van der Waals surface area contributed by atoms with Gasteiger partial charge in [-0.3, -0.25) is 9.47 Å².